The zero-order valence-corrected chi connectivity index (χ0v) is 16.1. The van der Waals surface area contributed by atoms with E-state index in [4.69, 9.17) is 0 Å². The fourth-order valence-corrected chi connectivity index (χ4v) is 4.50. The second-order valence-corrected chi connectivity index (χ2v) is 7.88. The van der Waals surface area contributed by atoms with Crippen molar-refractivity contribution in [2.45, 2.75) is 43.6 Å². The number of H-pyrrole nitrogens is 1. The number of hydrogen-bond donors (Lipinski definition) is 3. The number of phenolic OH excluding ortho intramolecular Hbond substituents is 1. The zero-order chi connectivity index (χ0) is 20.0. The van der Waals surface area contributed by atoms with E-state index >= 15 is 0 Å². The van der Waals surface area contributed by atoms with Crippen LogP contribution in [-0.4, -0.2) is 56.6 Å². The lowest BCUT2D eigenvalue weighted by molar-refractivity contribution is 0.176. The van der Waals surface area contributed by atoms with Crippen LogP contribution in [0, 0.1) is 0 Å². The highest BCUT2D eigenvalue weighted by Crippen LogP contribution is 2.34. The largest absolute Gasteiger partial charge is 0.507 e. The first-order valence-electron chi connectivity index (χ1n) is 9.87. The van der Waals surface area contributed by atoms with Crippen LogP contribution < -0.4 is 10.2 Å². The van der Waals surface area contributed by atoms with E-state index in [-0.39, 0.29) is 17.8 Å². The minimum Gasteiger partial charge on any atom is -0.507 e. The molecular weight excluding hydrogens is 371 g/mol. The molecule has 2 aliphatic rings. The second-order valence-electron chi connectivity index (χ2n) is 7.88. The molecule has 2 fully saturated rings. The number of phenols is 1. The number of nitrogens with zero attached hydrogens (tertiary/aromatic N) is 4. The molecule has 4 heterocycles. The molecule has 29 heavy (non-hydrogen) atoms. The number of aromatic nitrogens is 4. The fourth-order valence-electron chi connectivity index (χ4n) is 4.50. The van der Waals surface area contributed by atoms with Crippen LogP contribution >= 0.6 is 0 Å². The Morgan fingerprint density at radius 2 is 2.03 bits per heavy atom. The smallest absolute Gasteiger partial charge is 0.147 e. The van der Waals surface area contributed by atoms with E-state index in [1.54, 1.807) is 30.9 Å². The molecular formula is C21H23FN6O. The van der Waals surface area contributed by atoms with Gasteiger partial charge in [0, 0.05) is 36.5 Å². The van der Waals surface area contributed by atoms with E-state index in [2.05, 4.69) is 25.5 Å². The van der Waals surface area contributed by atoms with Gasteiger partial charge in [-0.25, -0.2) is 9.37 Å². The average molecular weight is 394 g/mol. The highest BCUT2D eigenvalue weighted by molar-refractivity contribution is 5.73. The standard InChI is InChI=1S/C21H23FN6O/c1-28(18-7-14-3-5-16(27-14)21(18)22)20-11-23-17(10-24-20)15-4-2-12(6-19(15)29)13-8-25-26-9-13/h2,4,6,8-11,14,16,18,21,27,29H,3,5,7H2,1H3,(H,25,26)/t14?,16?,18-,21-/m0/s1. The van der Waals surface area contributed by atoms with Gasteiger partial charge in [0.05, 0.1) is 30.3 Å². The molecule has 0 radical (unpaired) electrons. The number of nitrogens with one attached hydrogen (secondary N) is 2. The average Bonchev–Trinajstić information content (AvgIpc) is 3.41. The van der Waals surface area contributed by atoms with Gasteiger partial charge in [-0.1, -0.05) is 6.07 Å². The van der Waals surface area contributed by atoms with Crippen molar-refractivity contribution in [3.63, 3.8) is 0 Å². The number of piperidine rings is 1. The first-order chi connectivity index (χ1) is 14.1. The van der Waals surface area contributed by atoms with Crippen LogP contribution in [0.2, 0.25) is 0 Å². The number of fused-ring (bicyclic) bond motifs is 2. The number of rotatable bonds is 4. The van der Waals surface area contributed by atoms with Gasteiger partial charge in [0.2, 0.25) is 0 Å². The van der Waals surface area contributed by atoms with Gasteiger partial charge in [-0.3, -0.25) is 10.1 Å². The highest BCUT2D eigenvalue weighted by Gasteiger charge is 2.43. The van der Waals surface area contributed by atoms with Crippen molar-refractivity contribution in [2.75, 3.05) is 11.9 Å². The summed E-state index contributed by atoms with van der Waals surface area (Å²) in [5, 5.41) is 20.5. The molecule has 2 bridgehead atoms. The van der Waals surface area contributed by atoms with E-state index in [1.807, 2.05) is 24.1 Å². The number of hydrogen-bond acceptors (Lipinski definition) is 6. The molecule has 3 aromatic rings. The summed E-state index contributed by atoms with van der Waals surface area (Å²) in [6.07, 6.45) is 8.53. The van der Waals surface area contributed by atoms with Crippen molar-refractivity contribution in [3.05, 3.63) is 43.0 Å². The van der Waals surface area contributed by atoms with Crippen LogP contribution in [-0.2, 0) is 0 Å². The summed E-state index contributed by atoms with van der Waals surface area (Å²) < 4.78 is 14.8. The van der Waals surface area contributed by atoms with Crippen molar-refractivity contribution < 1.29 is 9.50 Å². The van der Waals surface area contributed by atoms with Gasteiger partial charge in [0.25, 0.3) is 0 Å². The summed E-state index contributed by atoms with van der Waals surface area (Å²) in [4.78, 5) is 10.9. The first kappa shape index (κ1) is 18.1. The second kappa shape index (κ2) is 7.11. The molecule has 150 valence electrons. The van der Waals surface area contributed by atoms with Crippen molar-refractivity contribution in [2.24, 2.45) is 0 Å². The molecule has 0 aliphatic carbocycles. The summed E-state index contributed by atoms with van der Waals surface area (Å²) in [5.41, 5.74) is 2.92. The number of halogens is 1. The van der Waals surface area contributed by atoms with E-state index in [9.17, 15) is 9.50 Å². The molecule has 2 aromatic heterocycles. The Kier molecular flexibility index (Phi) is 4.43. The van der Waals surface area contributed by atoms with Gasteiger partial charge >= 0.3 is 0 Å². The third kappa shape index (κ3) is 3.23. The topological polar surface area (TPSA) is 90.0 Å². The van der Waals surface area contributed by atoms with E-state index in [1.165, 1.54) is 0 Å². The van der Waals surface area contributed by atoms with Gasteiger partial charge in [-0.15, -0.1) is 0 Å². The van der Waals surface area contributed by atoms with Gasteiger partial charge in [0.15, 0.2) is 0 Å². The maximum absolute atomic E-state index is 14.8. The maximum atomic E-state index is 14.8. The van der Waals surface area contributed by atoms with E-state index in [0.29, 0.717) is 23.1 Å². The molecule has 0 amide bonds. The zero-order valence-electron chi connectivity index (χ0n) is 16.1. The predicted octanol–water partition coefficient (Wildman–Crippen LogP) is 2.91. The molecule has 2 saturated heterocycles. The Balaban J connectivity index is 1.36. The maximum Gasteiger partial charge on any atom is 0.147 e. The summed E-state index contributed by atoms with van der Waals surface area (Å²) in [7, 11) is 1.88. The SMILES string of the molecule is CN(c1cnc(-c2ccc(-c3cn[nH]c3)cc2O)cn1)[C@H]1CC2CCC(N2)[C@@H]1F. The normalized spacial score (nSPS) is 25.9. The number of aromatic amines is 1. The van der Waals surface area contributed by atoms with Crippen LogP contribution in [0.4, 0.5) is 10.2 Å². The van der Waals surface area contributed by atoms with Crippen LogP contribution in [0.25, 0.3) is 22.4 Å². The molecule has 2 aliphatic heterocycles. The number of anilines is 1. The Bertz CT molecular complexity index is 993. The van der Waals surface area contributed by atoms with Crippen LogP contribution in [0.3, 0.4) is 0 Å². The Labute approximate surface area is 168 Å². The molecule has 0 spiro atoms. The van der Waals surface area contributed by atoms with Crippen LogP contribution in [0.1, 0.15) is 19.3 Å². The molecule has 4 atom stereocenters. The lowest BCUT2D eigenvalue weighted by Crippen LogP contribution is -2.55. The molecule has 0 saturated carbocycles. The monoisotopic (exact) mass is 394 g/mol. The lowest BCUT2D eigenvalue weighted by Gasteiger charge is -2.38. The van der Waals surface area contributed by atoms with Crippen molar-refractivity contribution in [1.82, 2.24) is 25.5 Å². The van der Waals surface area contributed by atoms with E-state index < -0.39 is 6.17 Å². The molecule has 2 unspecified atom stereocenters. The third-order valence-electron chi connectivity index (χ3n) is 6.16. The summed E-state index contributed by atoms with van der Waals surface area (Å²) in [6, 6.07) is 5.53. The van der Waals surface area contributed by atoms with Gasteiger partial charge < -0.3 is 15.3 Å². The lowest BCUT2D eigenvalue weighted by atomic mass is 9.96. The molecule has 7 nitrogen and oxygen atoms in total. The molecule has 8 heteroatoms. The van der Waals surface area contributed by atoms with E-state index in [0.717, 1.165) is 30.4 Å². The van der Waals surface area contributed by atoms with Gasteiger partial charge in [-0.2, -0.15) is 5.10 Å². The molecule has 5 rings (SSSR count). The highest BCUT2D eigenvalue weighted by atomic mass is 19.1. The molecule has 3 N–H and O–H groups in total. The number of benzene rings is 1. The Morgan fingerprint density at radius 3 is 2.76 bits per heavy atom. The van der Waals surface area contributed by atoms with Crippen molar-refractivity contribution in [1.29, 1.82) is 0 Å². The Hall–Kier alpha value is -3.00. The van der Waals surface area contributed by atoms with Crippen molar-refractivity contribution >= 4 is 5.82 Å². The third-order valence-corrected chi connectivity index (χ3v) is 6.16. The molecule has 1 aromatic carbocycles. The van der Waals surface area contributed by atoms with Crippen LogP contribution in [0.15, 0.2) is 43.0 Å². The summed E-state index contributed by atoms with van der Waals surface area (Å²) in [5.74, 6) is 0.759. The fraction of sp³-hybridized carbons (Fsp3) is 0.381. The number of alkyl halides is 1. The minimum absolute atomic E-state index is 0.0564. The van der Waals surface area contributed by atoms with Gasteiger partial charge in [0.1, 0.15) is 17.7 Å². The quantitative estimate of drug-likeness (QED) is 0.630. The summed E-state index contributed by atoms with van der Waals surface area (Å²) >= 11 is 0. The number of aromatic hydroxyl groups is 1. The first-order valence-corrected chi connectivity index (χ1v) is 9.87. The summed E-state index contributed by atoms with van der Waals surface area (Å²) in [6.45, 7) is 0. The van der Waals surface area contributed by atoms with Gasteiger partial charge in [-0.05, 0) is 37.0 Å². The Morgan fingerprint density at radius 1 is 1.14 bits per heavy atom. The van der Waals surface area contributed by atoms with Crippen molar-refractivity contribution in [3.8, 4) is 28.1 Å². The predicted molar refractivity (Wildman–Crippen MR) is 108 cm³/mol. The van der Waals surface area contributed by atoms with Crippen LogP contribution in [0.5, 0.6) is 5.75 Å². The minimum atomic E-state index is -0.917.